The molecule has 0 unspecified atom stereocenters. The zero-order valence-corrected chi connectivity index (χ0v) is 14.3. The van der Waals surface area contributed by atoms with E-state index in [0.29, 0.717) is 31.7 Å². The number of rotatable bonds is 7. The van der Waals surface area contributed by atoms with E-state index >= 15 is 0 Å². The van der Waals surface area contributed by atoms with Gasteiger partial charge >= 0.3 is 0 Å². The maximum atomic E-state index is 13.4. The molecule has 6 heteroatoms. The first kappa shape index (κ1) is 19.1. The number of methoxy groups -OCH3 is 1. The fourth-order valence-corrected chi connectivity index (χ4v) is 1.61. The van der Waals surface area contributed by atoms with Crippen LogP contribution in [0.2, 0.25) is 0 Å². The zero-order valence-electron chi connectivity index (χ0n) is 12.0. The Morgan fingerprint density at radius 1 is 1.30 bits per heavy atom. The number of nitrogens with zero attached hydrogens (tertiary/aromatic N) is 1. The molecule has 4 nitrogen and oxygen atoms in total. The van der Waals surface area contributed by atoms with Gasteiger partial charge in [0.15, 0.2) is 5.96 Å². The lowest BCUT2D eigenvalue weighted by Gasteiger charge is -2.11. The van der Waals surface area contributed by atoms with Crippen molar-refractivity contribution in [3.63, 3.8) is 0 Å². The lowest BCUT2D eigenvalue weighted by Crippen LogP contribution is -2.38. The first-order chi connectivity index (χ1) is 9.27. The third-order valence-electron chi connectivity index (χ3n) is 2.55. The number of hydrogen-bond acceptors (Lipinski definition) is 2. The van der Waals surface area contributed by atoms with Crippen LogP contribution in [0.15, 0.2) is 29.3 Å². The molecule has 20 heavy (non-hydrogen) atoms. The normalized spacial score (nSPS) is 10.8. The molecule has 0 aliphatic carbocycles. The maximum Gasteiger partial charge on any atom is 0.191 e. The van der Waals surface area contributed by atoms with Crippen LogP contribution in [-0.2, 0) is 11.2 Å². The summed E-state index contributed by atoms with van der Waals surface area (Å²) in [5.41, 5.74) is 0.711. The van der Waals surface area contributed by atoms with E-state index in [2.05, 4.69) is 15.6 Å². The molecule has 0 heterocycles. The monoisotopic (exact) mass is 395 g/mol. The van der Waals surface area contributed by atoms with E-state index in [1.165, 1.54) is 6.07 Å². The molecule has 0 aromatic heterocycles. The third-order valence-corrected chi connectivity index (χ3v) is 2.55. The van der Waals surface area contributed by atoms with Crippen LogP contribution in [0.1, 0.15) is 12.5 Å². The predicted octanol–water partition coefficient (Wildman–Crippen LogP) is 2.19. The molecule has 1 aromatic rings. The first-order valence-corrected chi connectivity index (χ1v) is 6.52. The Balaban J connectivity index is 0.00000361. The molecule has 0 aliphatic heterocycles. The van der Waals surface area contributed by atoms with Gasteiger partial charge in [0.2, 0.25) is 0 Å². The minimum absolute atomic E-state index is 0. The van der Waals surface area contributed by atoms with Crippen LogP contribution in [0.3, 0.4) is 0 Å². The molecule has 0 radical (unpaired) electrons. The van der Waals surface area contributed by atoms with Gasteiger partial charge in [0.05, 0.1) is 13.2 Å². The summed E-state index contributed by atoms with van der Waals surface area (Å²) in [5.74, 6) is 0.571. The fourth-order valence-electron chi connectivity index (χ4n) is 1.61. The van der Waals surface area contributed by atoms with Crippen LogP contribution in [0.4, 0.5) is 4.39 Å². The summed E-state index contributed by atoms with van der Waals surface area (Å²) in [7, 11) is 1.65. The molecule has 0 saturated carbocycles. The SMILES string of the molecule is CCNC(=NCCOC)NCCc1ccccc1F.I. The highest BCUT2D eigenvalue weighted by Gasteiger charge is 2.01. The van der Waals surface area contributed by atoms with Crippen molar-refractivity contribution in [1.82, 2.24) is 10.6 Å². The number of nitrogens with one attached hydrogen (secondary N) is 2. The Kier molecular flexibility index (Phi) is 11.4. The summed E-state index contributed by atoms with van der Waals surface area (Å²) < 4.78 is 18.4. The topological polar surface area (TPSA) is 45.7 Å². The Bertz CT molecular complexity index is 402. The van der Waals surface area contributed by atoms with Gasteiger partial charge in [0.1, 0.15) is 5.82 Å². The third kappa shape index (κ3) is 7.64. The smallest absolute Gasteiger partial charge is 0.191 e. The van der Waals surface area contributed by atoms with Crippen molar-refractivity contribution in [3.05, 3.63) is 35.6 Å². The van der Waals surface area contributed by atoms with E-state index in [1.807, 2.05) is 13.0 Å². The summed E-state index contributed by atoms with van der Waals surface area (Å²) in [4.78, 5) is 4.33. The molecule has 0 amide bonds. The van der Waals surface area contributed by atoms with Gasteiger partial charge in [-0.05, 0) is 25.0 Å². The van der Waals surface area contributed by atoms with Gasteiger partial charge < -0.3 is 15.4 Å². The fraction of sp³-hybridized carbons (Fsp3) is 0.500. The predicted molar refractivity (Wildman–Crippen MR) is 91.4 cm³/mol. The van der Waals surface area contributed by atoms with Gasteiger partial charge in [-0.3, -0.25) is 4.99 Å². The van der Waals surface area contributed by atoms with Crippen molar-refractivity contribution in [2.24, 2.45) is 4.99 Å². The highest BCUT2D eigenvalue weighted by Crippen LogP contribution is 2.05. The number of halogens is 2. The highest BCUT2D eigenvalue weighted by molar-refractivity contribution is 14.0. The molecular weight excluding hydrogens is 372 g/mol. The van der Waals surface area contributed by atoms with Crippen molar-refractivity contribution >= 4 is 29.9 Å². The standard InChI is InChI=1S/C14H22FN3O.HI/c1-3-16-14(18-10-11-19-2)17-9-8-12-6-4-5-7-13(12)15;/h4-7H,3,8-11H2,1-2H3,(H2,16,17,18);1H. The van der Waals surface area contributed by atoms with Crippen LogP contribution < -0.4 is 10.6 Å². The summed E-state index contributed by atoms with van der Waals surface area (Å²) in [5, 5.41) is 6.30. The van der Waals surface area contributed by atoms with Gasteiger partial charge in [-0.15, -0.1) is 24.0 Å². The lowest BCUT2D eigenvalue weighted by atomic mass is 10.1. The van der Waals surface area contributed by atoms with Gasteiger partial charge in [0.25, 0.3) is 0 Å². The largest absolute Gasteiger partial charge is 0.383 e. The number of ether oxygens (including phenoxy) is 1. The Morgan fingerprint density at radius 3 is 2.70 bits per heavy atom. The van der Waals surface area contributed by atoms with Crippen molar-refractivity contribution in [2.45, 2.75) is 13.3 Å². The van der Waals surface area contributed by atoms with E-state index in [4.69, 9.17) is 4.74 Å². The van der Waals surface area contributed by atoms with Crippen LogP contribution in [0.25, 0.3) is 0 Å². The molecule has 0 spiro atoms. The summed E-state index contributed by atoms with van der Waals surface area (Å²) in [6.45, 7) is 4.62. The van der Waals surface area contributed by atoms with Gasteiger partial charge in [-0.1, -0.05) is 18.2 Å². The molecule has 1 rings (SSSR count). The zero-order chi connectivity index (χ0) is 13.9. The maximum absolute atomic E-state index is 13.4. The van der Waals surface area contributed by atoms with Crippen molar-refractivity contribution in [1.29, 1.82) is 0 Å². The second kappa shape index (κ2) is 11.9. The summed E-state index contributed by atoms with van der Waals surface area (Å²) in [6, 6.07) is 6.82. The molecule has 0 aliphatic rings. The van der Waals surface area contributed by atoms with Crippen molar-refractivity contribution in [2.75, 3.05) is 33.4 Å². The van der Waals surface area contributed by atoms with E-state index in [-0.39, 0.29) is 29.8 Å². The van der Waals surface area contributed by atoms with Gasteiger partial charge in [-0.2, -0.15) is 0 Å². The minimum atomic E-state index is -0.161. The summed E-state index contributed by atoms with van der Waals surface area (Å²) >= 11 is 0. The average Bonchev–Trinajstić information content (AvgIpc) is 2.41. The van der Waals surface area contributed by atoms with E-state index in [0.717, 1.165) is 12.5 Å². The molecule has 1 aromatic carbocycles. The Morgan fingerprint density at radius 2 is 2.05 bits per heavy atom. The molecular formula is C14H23FIN3O. The number of hydrogen-bond donors (Lipinski definition) is 2. The minimum Gasteiger partial charge on any atom is -0.383 e. The first-order valence-electron chi connectivity index (χ1n) is 6.52. The van der Waals surface area contributed by atoms with E-state index in [9.17, 15) is 4.39 Å². The highest BCUT2D eigenvalue weighted by atomic mass is 127. The van der Waals surface area contributed by atoms with Gasteiger partial charge in [-0.25, -0.2) is 4.39 Å². The van der Waals surface area contributed by atoms with E-state index in [1.54, 1.807) is 19.2 Å². The molecule has 0 fully saturated rings. The quantitative estimate of drug-likeness (QED) is 0.322. The van der Waals surface area contributed by atoms with Gasteiger partial charge in [0, 0.05) is 20.2 Å². The second-order valence-corrected chi connectivity index (χ2v) is 4.02. The second-order valence-electron chi connectivity index (χ2n) is 4.02. The summed E-state index contributed by atoms with van der Waals surface area (Å²) in [6.07, 6.45) is 0.626. The molecule has 0 saturated heterocycles. The van der Waals surface area contributed by atoms with Crippen molar-refractivity contribution < 1.29 is 9.13 Å². The molecule has 0 atom stereocenters. The number of benzene rings is 1. The van der Waals surface area contributed by atoms with Crippen molar-refractivity contribution in [3.8, 4) is 0 Å². The number of guanidine groups is 1. The lowest BCUT2D eigenvalue weighted by molar-refractivity contribution is 0.208. The molecule has 114 valence electrons. The molecule has 2 N–H and O–H groups in total. The van der Waals surface area contributed by atoms with E-state index < -0.39 is 0 Å². The van der Waals surface area contributed by atoms with Crippen LogP contribution in [-0.4, -0.2) is 39.3 Å². The molecule has 0 bridgehead atoms. The Hall–Kier alpha value is -0.890. The Labute approximate surface area is 137 Å². The number of aliphatic imine (C=N–C) groups is 1. The average molecular weight is 395 g/mol. The van der Waals surface area contributed by atoms with Crippen LogP contribution in [0.5, 0.6) is 0 Å². The van der Waals surface area contributed by atoms with Crippen LogP contribution in [0, 0.1) is 5.82 Å². The van der Waals surface area contributed by atoms with Crippen LogP contribution >= 0.6 is 24.0 Å².